The van der Waals surface area contributed by atoms with Gasteiger partial charge in [-0.25, -0.2) is 21.9 Å². The van der Waals surface area contributed by atoms with Crippen LogP contribution in [-0.4, -0.2) is 15.0 Å². The molecule has 0 heterocycles. The Morgan fingerprint density at radius 2 is 1.75 bits per heavy atom. The molecule has 0 fully saturated rings. The molecule has 0 unspecified atom stereocenters. The van der Waals surface area contributed by atoms with Crippen LogP contribution in [0.2, 0.25) is 0 Å². The molecular weight excluding hydrogens is 284 g/mol. The summed E-state index contributed by atoms with van der Waals surface area (Å²) < 4.78 is 52.4. The van der Waals surface area contributed by atoms with Gasteiger partial charge in [-0.2, -0.15) is 0 Å². The van der Waals surface area contributed by atoms with Crippen molar-refractivity contribution in [3.8, 4) is 0 Å². The van der Waals surface area contributed by atoms with Gasteiger partial charge in [0, 0.05) is 6.54 Å². The van der Waals surface area contributed by atoms with E-state index in [0.29, 0.717) is 12.0 Å². The molecule has 0 atom stereocenters. The second kappa shape index (κ2) is 6.11. The first kappa shape index (κ1) is 14.6. The van der Waals surface area contributed by atoms with Gasteiger partial charge < -0.3 is 0 Å². The highest BCUT2D eigenvalue weighted by atomic mass is 32.2. The monoisotopic (exact) mass is 297 g/mol. The Labute approximate surface area is 116 Å². The molecule has 0 amide bonds. The molecule has 3 nitrogen and oxygen atoms in total. The number of rotatable bonds is 5. The van der Waals surface area contributed by atoms with Crippen molar-refractivity contribution >= 4 is 10.0 Å². The summed E-state index contributed by atoms with van der Waals surface area (Å²) in [6.45, 7) is 0.0696. The largest absolute Gasteiger partial charge is 0.243 e. The van der Waals surface area contributed by atoms with E-state index in [1.54, 1.807) is 12.1 Å². The first-order valence-corrected chi connectivity index (χ1v) is 7.46. The number of halogens is 2. The predicted octanol–water partition coefficient (Wildman–Crippen LogP) is 2.49. The van der Waals surface area contributed by atoms with E-state index in [1.807, 2.05) is 0 Å². The Morgan fingerprint density at radius 1 is 1.00 bits per heavy atom. The van der Waals surface area contributed by atoms with Crippen LogP contribution < -0.4 is 4.72 Å². The topological polar surface area (TPSA) is 46.2 Å². The van der Waals surface area contributed by atoms with Gasteiger partial charge in [0.05, 0.1) is 0 Å². The SMILES string of the molecule is O=S(=O)(NCCc1cccc(F)c1)c1ccccc1F. The molecule has 2 rings (SSSR count). The maximum Gasteiger partial charge on any atom is 0.243 e. The van der Waals surface area contributed by atoms with E-state index in [-0.39, 0.29) is 17.3 Å². The maximum absolute atomic E-state index is 13.4. The average Bonchev–Trinajstić information content (AvgIpc) is 2.39. The number of nitrogens with one attached hydrogen (secondary N) is 1. The Hall–Kier alpha value is -1.79. The van der Waals surface area contributed by atoms with Gasteiger partial charge in [-0.1, -0.05) is 24.3 Å². The lowest BCUT2D eigenvalue weighted by atomic mass is 10.1. The second-order valence-corrected chi connectivity index (χ2v) is 5.94. The maximum atomic E-state index is 13.4. The van der Waals surface area contributed by atoms with Gasteiger partial charge in [-0.05, 0) is 36.2 Å². The summed E-state index contributed by atoms with van der Waals surface area (Å²) in [4.78, 5) is -0.390. The minimum Gasteiger partial charge on any atom is -0.211 e. The summed E-state index contributed by atoms with van der Waals surface area (Å²) in [5, 5.41) is 0. The first-order chi connectivity index (χ1) is 9.49. The molecule has 0 bridgehead atoms. The zero-order valence-corrected chi connectivity index (χ0v) is 11.3. The van der Waals surface area contributed by atoms with Gasteiger partial charge in [0.25, 0.3) is 0 Å². The van der Waals surface area contributed by atoms with E-state index in [1.165, 1.54) is 30.3 Å². The molecule has 0 saturated carbocycles. The smallest absolute Gasteiger partial charge is 0.211 e. The van der Waals surface area contributed by atoms with Crippen LogP contribution in [0.1, 0.15) is 5.56 Å². The van der Waals surface area contributed by atoms with E-state index < -0.39 is 15.8 Å². The van der Waals surface area contributed by atoms with Crippen LogP contribution in [0.5, 0.6) is 0 Å². The van der Waals surface area contributed by atoms with Crippen molar-refractivity contribution in [1.29, 1.82) is 0 Å². The molecule has 0 saturated heterocycles. The van der Waals surface area contributed by atoms with Crippen molar-refractivity contribution in [1.82, 2.24) is 4.72 Å². The fourth-order valence-corrected chi connectivity index (χ4v) is 2.87. The highest BCUT2D eigenvalue weighted by molar-refractivity contribution is 7.89. The third-order valence-corrected chi connectivity index (χ3v) is 4.22. The average molecular weight is 297 g/mol. The molecule has 6 heteroatoms. The Bertz CT molecular complexity index is 702. The molecule has 0 radical (unpaired) electrons. The molecule has 106 valence electrons. The Morgan fingerprint density at radius 3 is 2.45 bits per heavy atom. The van der Waals surface area contributed by atoms with E-state index >= 15 is 0 Å². The lowest BCUT2D eigenvalue weighted by Gasteiger charge is -2.07. The molecule has 0 spiro atoms. The van der Waals surface area contributed by atoms with Gasteiger partial charge in [0.2, 0.25) is 10.0 Å². The summed E-state index contributed by atoms with van der Waals surface area (Å²) in [7, 11) is -3.89. The second-order valence-electron chi connectivity index (χ2n) is 4.21. The number of sulfonamides is 1. The zero-order valence-electron chi connectivity index (χ0n) is 10.5. The quantitative estimate of drug-likeness (QED) is 0.921. The van der Waals surface area contributed by atoms with E-state index in [0.717, 1.165) is 6.07 Å². The van der Waals surface area contributed by atoms with Gasteiger partial charge in [-0.3, -0.25) is 0 Å². The Balaban J connectivity index is 2.02. The van der Waals surface area contributed by atoms with Crippen LogP contribution in [0.4, 0.5) is 8.78 Å². The van der Waals surface area contributed by atoms with Crippen molar-refractivity contribution in [2.45, 2.75) is 11.3 Å². The van der Waals surface area contributed by atoms with Crippen molar-refractivity contribution in [2.24, 2.45) is 0 Å². The molecule has 0 aliphatic rings. The Kier molecular flexibility index (Phi) is 4.46. The lowest BCUT2D eigenvalue weighted by molar-refractivity contribution is 0.557. The van der Waals surface area contributed by atoms with Crippen molar-refractivity contribution in [3.63, 3.8) is 0 Å². The van der Waals surface area contributed by atoms with Gasteiger partial charge in [0.15, 0.2) is 0 Å². The standard InChI is InChI=1S/C14H13F2NO2S/c15-12-5-3-4-11(10-12)8-9-17-20(18,19)14-7-2-1-6-13(14)16/h1-7,10,17H,8-9H2. The van der Waals surface area contributed by atoms with Gasteiger partial charge in [-0.15, -0.1) is 0 Å². The molecule has 0 aliphatic carbocycles. The van der Waals surface area contributed by atoms with Gasteiger partial charge >= 0.3 is 0 Å². The van der Waals surface area contributed by atoms with E-state index in [9.17, 15) is 17.2 Å². The number of hydrogen-bond acceptors (Lipinski definition) is 2. The van der Waals surface area contributed by atoms with Gasteiger partial charge in [0.1, 0.15) is 16.5 Å². The third kappa shape index (κ3) is 3.61. The van der Waals surface area contributed by atoms with Crippen LogP contribution in [0.15, 0.2) is 53.4 Å². The number of hydrogen-bond donors (Lipinski definition) is 1. The molecule has 20 heavy (non-hydrogen) atoms. The van der Waals surface area contributed by atoms with Crippen LogP contribution in [0, 0.1) is 11.6 Å². The lowest BCUT2D eigenvalue weighted by Crippen LogP contribution is -2.26. The molecule has 2 aromatic rings. The van der Waals surface area contributed by atoms with Crippen LogP contribution in [-0.2, 0) is 16.4 Å². The molecule has 1 N–H and O–H groups in total. The molecule has 2 aromatic carbocycles. The normalized spacial score (nSPS) is 11.5. The summed E-state index contributed by atoms with van der Waals surface area (Å²) in [6, 6.07) is 11.0. The van der Waals surface area contributed by atoms with Crippen LogP contribution >= 0.6 is 0 Å². The molecule has 0 aliphatic heterocycles. The third-order valence-electron chi connectivity index (χ3n) is 2.72. The summed E-state index contributed by atoms with van der Waals surface area (Å²) >= 11 is 0. The minimum atomic E-state index is -3.89. The highest BCUT2D eigenvalue weighted by Gasteiger charge is 2.17. The zero-order chi connectivity index (χ0) is 14.6. The minimum absolute atomic E-state index is 0.0696. The van der Waals surface area contributed by atoms with Crippen molar-refractivity contribution in [2.75, 3.05) is 6.54 Å². The summed E-state index contributed by atoms with van der Waals surface area (Å²) in [5.41, 5.74) is 0.668. The number of benzene rings is 2. The fourth-order valence-electron chi connectivity index (χ4n) is 1.76. The van der Waals surface area contributed by atoms with E-state index in [2.05, 4.69) is 4.72 Å². The highest BCUT2D eigenvalue weighted by Crippen LogP contribution is 2.13. The van der Waals surface area contributed by atoms with Crippen molar-refractivity contribution in [3.05, 3.63) is 65.7 Å². The summed E-state index contributed by atoms with van der Waals surface area (Å²) in [5.74, 6) is -1.18. The summed E-state index contributed by atoms with van der Waals surface area (Å²) in [6.07, 6.45) is 0.325. The molecule has 0 aromatic heterocycles. The van der Waals surface area contributed by atoms with Crippen LogP contribution in [0.25, 0.3) is 0 Å². The van der Waals surface area contributed by atoms with Crippen LogP contribution in [0.3, 0.4) is 0 Å². The van der Waals surface area contributed by atoms with Crippen molar-refractivity contribution < 1.29 is 17.2 Å². The first-order valence-electron chi connectivity index (χ1n) is 5.98. The molecular formula is C14H13F2NO2S. The fraction of sp³-hybridized carbons (Fsp3) is 0.143. The predicted molar refractivity (Wildman–Crippen MR) is 71.7 cm³/mol. The van der Waals surface area contributed by atoms with E-state index in [4.69, 9.17) is 0 Å².